The molecular formula is C14H21NO4. The van der Waals surface area contributed by atoms with Crippen LogP contribution in [-0.2, 0) is 9.57 Å². The van der Waals surface area contributed by atoms with E-state index in [0.29, 0.717) is 11.5 Å². The summed E-state index contributed by atoms with van der Waals surface area (Å²) in [7, 11) is 1.57. The number of methoxy groups -OCH3 is 1. The fourth-order valence-electron chi connectivity index (χ4n) is 1.28. The summed E-state index contributed by atoms with van der Waals surface area (Å²) in [5.74, 6) is 0.705. The van der Waals surface area contributed by atoms with Crippen LogP contribution in [0.1, 0.15) is 26.3 Å². The zero-order valence-corrected chi connectivity index (χ0v) is 11.8. The first-order valence-electron chi connectivity index (χ1n) is 6.03. The van der Waals surface area contributed by atoms with Crippen molar-refractivity contribution in [3.05, 3.63) is 29.8 Å². The minimum Gasteiger partial charge on any atom is -0.468 e. The Labute approximate surface area is 113 Å². The second-order valence-electron chi connectivity index (χ2n) is 4.84. The highest BCUT2D eigenvalue weighted by Crippen LogP contribution is 2.14. The molecule has 1 aromatic carbocycles. The monoisotopic (exact) mass is 267 g/mol. The molecule has 1 N–H and O–H groups in total. The van der Waals surface area contributed by atoms with E-state index in [2.05, 4.69) is 5.16 Å². The van der Waals surface area contributed by atoms with Crippen LogP contribution in [0.4, 0.5) is 0 Å². The summed E-state index contributed by atoms with van der Waals surface area (Å²) in [4.78, 5) is 5.11. The van der Waals surface area contributed by atoms with Crippen molar-refractivity contribution in [2.24, 2.45) is 5.16 Å². The molecule has 5 heteroatoms. The van der Waals surface area contributed by atoms with Crippen LogP contribution in [0.2, 0.25) is 0 Å². The van der Waals surface area contributed by atoms with E-state index in [1.165, 1.54) is 0 Å². The van der Waals surface area contributed by atoms with Crippen LogP contribution in [0.3, 0.4) is 0 Å². The third-order valence-corrected chi connectivity index (χ3v) is 2.21. The van der Waals surface area contributed by atoms with Crippen molar-refractivity contribution in [3.63, 3.8) is 0 Å². The van der Waals surface area contributed by atoms with E-state index in [1.54, 1.807) is 21.0 Å². The Hall–Kier alpha value is -1.59. The molecule has 0 atom stereocenters. The lowest BCUT2D eigenvalue weighted by Crippen LogP contribution is -2.25. The molecule has 0 unspecified atom stereocenters. The fourth-order valence-corrected chi connectivity index (χ4v) is 1.28. The van der Waals surface area contributed by atoms with Crippen molar-refractivity contribution in [1.82, 2.24) is 0 Å². The lowest BCUT2D eigenvalue weighted by molar-refractivity contribution is -0.0189. The van der Waals surface area contributed by atoms with Gasteiger partial charge in [0, 0.05) is 12.7 Å². The number of nitrogens with zero attached hydrogens (tertiary/aromatic N) is 1. The molecule has 0 saturated carbocycles. The first kappa shape index (κ1) is 15.5. The highest BCUT2D eigenvalue weighted by Gasteiger charge is 2.13. The Morgan fingerprint density at radius 1 is 1.37 bits per heavy atom. The molecule has 5 nitrogen and oxygen atoms in total. The normalized spacial score (nSPS) is 12.4. The van der Waals surface area contributed by atoms with E-state index in [-0.39, 0.29) is 13.4 Å². The van der Waals surface area contributed by atoms with Gasteiger partial charge in [-0.15, -0.1) is 0 Å². The zero-order valence-electron chi connectivity index (χ0n) is 11.8. The third-order valence-electron chi connectivity index (χ3n) is 2.21. The van der Waals surface area contributed by atoms with Gasteiger partial charge in [-0.25, -0.2) is 0 Å². The van der Waals surface area contributed by atoms with Crippen LogP contribution >= 0.6 is 0 Å². The Kier molecular flexibility index (Phi) is 5.79. The van der Waals surface area contributed by atoms with Gasteiger partial charge < -0.3 is 19.4 Å². The van der Waals surface area contributed by atoms with Gasteiger partial charge in [-0.3, -0.25) is 0 Å². The number of hydrogen-bond acceptors (Lipinski definition) is 5. The molecule has 0 saturated heterocycles. The molecule has 0 aliphatic carbocycles. The average molecular weight is 267 g/mol. The number of aliphatic hydroxyl groups is 1. The summed E-state index contributed by atoms with van der Waals surface area (Å²) in [5.41, 5.74) is 0.712. The highest BCUT2D eigenvalue weighted by molar-refractivity contribution is 5.98. The smallest absolute Gasteiger partial charge is 0.188 e. The van der Waals surface area contributed by atoms with Crippen LogP contribution in [0.5, 0.6) is 5.75 Å². The summed E-state index contributed by atoms with van der Waals surface area (Å²) in [6.07, 6.45) is 0. The van der Waals surface area contributed by atoms with E-state index in [9.17, 15) is 5.11 Å². The van der Waals surface area contributed by atoms with Crippen molar-refractivity contribution in [1.29, 1.82) is 0 Å². The van der Waals surface area contributed by atoms with Gasteiger partial charge in [0.25, 0.3) is 0 Å². The van der Waals surface area contributed by atoms with Crippen LogP contribution in [0.15, 0.2) is 29.4 Å². The number of oxime groups is 1. The molecule has 0 spiro atoms. The largest absolute Gasteiger partial charge is 0.468 e. The van der Waals surface area contributed by atoms with E-state index >= 15 is 0 Å². The van der Waals surface area contributed by atoms with Crippen molar-refractivity contribution >= 4 is 5.71 Å². The molecule has 106 valence electrons. The molecule has 0 aliphatic rings. The SMILES string of the molecule is COCOc1cccc(/C(C)=N/OCC(C)(C)O)c1. The first-order valence-corrected chi connectivity index (χ1v) is 6.03. The summed E-state index contributed by atoms with van der Waals surface area (Å²) in [6, 6.07) is 7.47. The van der Waals surface area contributed by atoms with Gasteiger partial charge >= 0.3 is 0 Å². The number of benzene rings is 1. The van der Waals surface area contributed by atoms with E-state index in [0.717, 1.165) is 5.56 Å². The Balaban J connectivity index is 2.65. The van der Waals surface area contributed by atoms with Crippen LogP contribution in [0, 0.1) is 0 Å². The van der Waals surface area contributed by atoms with Crippen molar-refractivity contribution in [3.8, 4) is 5.75 Å². The van der Waals surface area contributed by atoms with Crippen LogP contribution in [-0.4, -0.2) is 36.9 Å². The third kappa shape index (κ3) is 6.22. The van der Waals surface area contributed by atoms with E-state index < -0.39 is 5.60 Å². The molecule has 0 heterocycles. The maximum Gasteiger partial charge on any atom is 0.188 e. The molecule has 0 bridgehead atoms. The molecule has 0 aromatic heterocycles. The zero-order chi connectivity index (χ0) is 14.3. The maximum atomic E-state index is 9.51. The number of ether oxygens (including phenoxy) is 2. The number of hydrogen-bond donors (Lipinski definition) is 1. The summed E-state index contributed by atoms with van der Waals surface area (Å²) < 4.78 is 10.2. The lowest BCUT2D eigenvalue weighted by Gasteiger charge is -2.14. The highest BCUT2D eigenvalue weighted by atomic mass is 16.7. The van der Waals surface area contributed by atoms with Gasteiger partial charge in [0.1, 0.15) is 12.4 Å². The maximum absolute atomic E-state index is 9.51. The lowest BCUT2D eigenvalue weighted by atomic mass is 10.1. The van der Waals surface area contributed by atoms with Gasteiger partial charge in [-0.2, -0.15) is 0 Å². The predicted octanol–water partition coefficient (Wildman–Crippen LogP) is 2.18. The van der Waals surface area contributed by atoms with Crippen LogP contribution < -0.4 is 4.74 Å². The minimum atomic E-state index is -0.896. The van der Waals surface area contributed by atoms with Crippen molar-refractivity contribution < 1.29 is 19.4 Å². The Morgan fingerprint density at radius 3 is 2.74 bits per heavy atom. The molecule has 0 aliphatic heterocycles. The molecule has 1 rings (SSSR count). The fraction of sp³-hybridized carbons (Fsp3) is 0.500. The van der Waals surface area contributed by atoms with E-state index in [4.69, 9.17) is 14.3 Å². The second-order valence-corrected chi connectivity index (χ2v) is 4.84. The van der Waals surface area contributed by atoms with Gasteiger partial charge in [-0.1, -0.05) is 17.3 Å². The van der Waals surface area contributed by atoms with E-state index in [1.807, 2.05) is 31.2 Å². The van der Waals surface area contributed by atoms with Gasteiger partial charge in [0.2, 0.25) is 0 Å². The van der Waals surface area contributed by atoms with Gasteiger partial charge in [-0.05, 0) is 32.9 Å². The summed E-state index contributed by atoms with van der Waals surface area (Å²) >= 11 is 0. The standard InChI is InChI=1S/C14H21NO4/c1-11(15-19-9-14(2,3)16)12-6-5-7-13(8-12)18-10-17-4/h5-8,16H,9-10H2,1-4H3/b15-11+. The molecule has 1 aromatic rings. The predicted molar refractivity (Wildman–Crippen MR) is 73.4 cm³/mol. The van der Waals surface area contributed by atoms with Crippen LogP contribution in [0.25, 0.3) is 0 Å². The summed E-state index contributed by atoms with van der Waals surface area (Å²) in [6.45, 7) is 5.51. The Bertz CT molecular complexity index is 424. The van der Waals surface area contributed by atoms with Gasteiger partial charge in [0.05, 0.1) is 11.3 Å². The summed E-state index contributed by atoms with van der Waals surface area (Å²) in [5, 5.41) is 13.5. The first-order chi connectivity index (χ1) is 8.92. The Morgan fingerprint density at radius 2 is 2.11 bits per heavy atom. The van der Waals surface area contributed by atoms with Gasteiger partial charge in [0.15, 0.2) is 6.79 Å². The minimum absolute atomic E-state index is 0.143. The molecule has 0 amide bonds. The molecule has 0 fully saturated rings. The van der Waals surface area contributed by atoms with Crippen molar-refractivity contribution in [2.45, 2.75) is 26.4 Å². The molecular weight excluding hydrogens is 246 g/mol. The average Bonchev–Trinajstić information content (AvgIpc) is 2.35. The second kappa shape index (κ2) is 7.11. The quantitative estimate of drug-likeness (QED) is 0.467. The molecule has 19 heavy (non-hydrogen) atoms. The number of rotatable bonds is 7. The van der Waals surface area contributed by atoms with Crippen molar-refractivity contribution in [2.75, 3.05) is 20.5 Å². The molecule has 0 radical (unpaired) electrons. The topological polar surface area (TPSA) is 60.3 Å².